The zero-order valence-corrected chi connectivity index (χ0v) is 12.1. The molecule has 1 heterocycles. The average Bonchev–Trinajstić information content (AvgIpc) is 2.37. The van der Waals surface area contributed by atoms with Crippen molar-refractivity contribution >= 4 is 17.5 Å². The van der Waals surface area contributed by atoms with Crippen LogP contribution in [0.2, 0.25) is 0 Å². The normalized spacial score (nSPS) is 12.9. The molecule has 1 aliphatic rings. The molecular formula is C14H20N2O5. The van der Waals surface area contributed by atoms with Crippen LogP contribution in [0, 0.1) is 0 Å². The van der Waals surface area contributed by atoms with E-state index in [0.717, 1.165) is 6.07 Å². The van der Waals surface area contributed by atoms with Gasteiger partial charge in [-0.25, -0.2) is 0 Å². The Kier molecular flexibility index (Phi) is 5.83. The van der Waals surface area contributed by atoms with E-state index in [1.165, 1.54) is 17.4 Å². The van der Waals surface area contributed by atoms with Gasteiger partial charge in [-0.15, -0.1) is 0 Å². The number of anilines is 1. The summed E-state index contributed by atoms with van der Waals surface area (Å²) in [6, 6.07) is 2.40. The first-order valence-electron chi connectivity index (χ1n) is 6.68. The van der Waals surface area contributed by atoms with Gasteiger partial charge in [-0.05, 0) is 0 Å². The molecule has 4 N–H and O–H groups in total. The van der Waals surface area contributed by atoms with Gasteiger partial charge in [0.1, 0.15) is 5.75 Å². The highest BCUT2D eigenvalue weighted by atomic mass is 16.5. The Labute approximate surface area is 122 Å². The fourth-order valence-corrected chi connectivity index (χ4v) is 1.75. The molecule has 0 atom stereocenters. The highest BCUT2D eigenvalue weighted by Crippen LogP contribution is 2.42. The molecule has 21 heavy (non-hydrogen) atoms. The second-order valence-corrected chi connectivity index (χ2v) is 4.57. The van der Waals surface area contributed by atoms with E-state index in [1.807, 2.05) is 0 Å². The Morgan fingerprint density at radius 1 is 1.38 bits per heavy atom. The van der Waals surface area contributed by atoms with Crippen molar-refractivity contribution in [2.24, 2.45) is 5.73 Å². The molecule has 0 bridgehead atoms. The molecule has 0 saturated carbocycles. The van der Waals surface area contributed by atoms with Crippen LogP contribution in [0.4, 0.5) is 5.69 Å². The van der Waals surface area contributed by atoms with Crippen LogP contribution in [0.3, 0.4) is 0 Å². The number of carbonyl (C=O) groups is 2. The number of nitrogens with two attached hydrogens (primary N) is 1. The van der Waals surface area contributed by atoms with E-state index in [-0.39, 0.29) is 48.4 Å². The quantitative estimate of drug-likeness (QED) is 0.773. The van der Waals surface area contributed by atoms with E-state index < -0.39 is 5.91 Å². The second kappa shape index (κ2) is 7.37. The Hall–Kier alpha value is -2.44. The third-order valence-electron chi connectivity index (χ3n) is 2.55. The Morgan fingerprint density at radius 2 is 2.00 bits per heavy atom. The third kappa shape index (κ3) is 4.27. The van der Waals surface area contributed by atoms with Crippen LogP contribution < -0.4 is 15.4 Å². The summed E-state index contributed by atoms with van der Waals surface area (Å²) in [5, 5.41) is 19.0. The first kappa shape index (κ1) is 16.6. The first-order chi connectivity index (χ1) is 9.90. The van der Waals surface area contributed by atoms with Crippen LogP contribution in [0.1, 0.15) is 26.7 Å². The van der Waals surface area contributed by atoms with Crippen molar-refractivity contribution in [1.82, 2.24) is 0 Å². The topological polar surface area (TPSA) is 113 Å². The van der Waals surface area contributed by atoms with E-state index in [4.69, 9.17) is 10.5 Å². The third-order valence-corrected chi connectivity index (χ3v) is 2.55. The molecule has 0 unspecified atom stereocenters. The van der Waals surface area contributed by atoms with Gasteiger partial charge >= 0.3 is 0 Å². The van der Waals surface area contributed by atoms with Crippen LogP contribution in [0.15, 0.2) is 12.1 Å². The minimum Gasteiger partial charge on any atom is -0.508 e. The number of fused-ring (bicyclic) bond motifs is 1. The Bertz CT molecular complexity index is 530. The molecule has 116 valence electrons. The summed E-state index contributed by atoms with van der Waals surface area (Å²) >= 11 is 0. The molecule has 0 spiro atoms. The lowest BCUT2D eigenvalue weighted by Gasteiger charge is -2.29. The molecule has 2 amide bonds. The van der Waals surface area contributed by atoms with Crippen LogP contribution in [0.25, 0.3) is 0 Å². The summed E-state index contributed by atoms with van der Waals surface area (Å²) in [5.41, 5.74) is 5.25. The van der Waals surface area contributed by atoms with Crippen LogP contribution in [0.5, 0.6) is 17.2 Å². The molecule has 7 heteroatoms. The highest BCUT2D eigenvalue weighted by molar-refractivity contribution is 5.99. The van der Waals surface area contributed by atoms with E-state index in [0.29, 0.717) is 0 Å². The predicted molar refractivity (Wildman–Crippen MR) is 77.4 cm³/mol. The van der Waals surface area contributed by atoms with Gasteiger partial charge in [-0.3, -0.25) is 9.59 Å². The smallest absolute Gasteiger partial charge is 0.265 e. The lowest BCUT2D eigenvalue weighted by atomic mass is 10.2. The molecule has 0 aliphatic carbocycles. The van der Waals surface area contributed by atoms with Crippen LogP contribution >= 0.6 is 0 Å². The van der Waals surface area contributed by atoms with Crippen molar-refractivity contribution in [2.45, 2.75) is 26.7 Å². The summed E-state index contributed by atoms with van der Waals surface area (Å²) in [4.78, 5) is 23.7. The minimum absolute atomic E-state index is 0.0123. The maximum atomic E-state index is 11.7. The molecule has 1 aromatic rings. The van der Waals surface area contributed by atoms with E-state index in [9.17, 15) is 19.8 Å². The van der Waals surface area contributed by atoms with Crippen molar-refractivity contribution in [3.05, 3.63) is 12.1 Å². The fourth-order valence-electron chi connectivity index (χ4n) is 1.75. The zero-order chi connectivity index (χ0) is 16.0. The van der Waals surface area contributed by atoms with Crippen molar-refractivity contribution in [3.63, 3.8) is 0 Å². The van der Waals surface area contributed by atoms with Crippen molar-refractivity contribution in [3.8, 4) is 17.2 Å². The number of ether oxygens (including phenoxy) is 1. The number of nitrogens with zero attached hydrogens (tertiary/aromatic N) is 1. The summed E-state index contributed by atoms with van der Waals surface area (Å²) < 4.78 is 5.09. The summed E-state index contributed by atoms with van der Waals surface area (Å²) in [6.07, 6.45) is 1.24. The van der Waals surface area contributed by atoms with Gasteiger partial charge in [0, 0.05) is 25.1 Å². The van der Waals surface area contributed by atoms with Crippen molar-refractivity contribution in [1.29, 1.82) is 0 Å². The monoisotopic (exact) mass is 296 g/mol. The number of carbonyl (C=O) groups excluding carboxylic acids is 2. The highest BCUT2D eigenvalue weighted by Gasteiger charge is 2.28. The number of hydrogen-bond donors (Lipinski definition) is 3. The summed E-state index contributed by atoms with van der Waals surface area (Å²) in [6.45, 7) is 4.09. The number of hydrogen-bond acceptors (Lipinski definition) is 5. The number of primary amides is 1. The summed E-state index contributed by atoms with van der Waals surface area (Å²) in [7, 11) is 0. The first-order valence-corrected chi connectivity index (χ1v) is 6.68. The Balaban J connectivity index is 0.000000677. The molecule has 1 aliphatic heterocycles. The Morgan fingerprint density at radius 3 is 2.57 bits per heavy atom. The standard InChI is InChI=1S/C11H12N2O5.C3H8/c12-9(16)1-2-13-7-3-6(14)4-8(15)11(7)18-5-10(13)17;1-3-2/h3-4,14-15H,1-2,5H2,(H2,12,16);3H2,1-2H3. The molecule has 0 saturated heterocycles. The molecule has 2 rings (SSSR count). The van der Waals surface area contributed by atoms with Crippen molar-refractivity contribution in [2.75, 3.05) is 18.1 Å². The number of rotatable bonds is 3. The minimum atomic E-state index is -0.541. The number of phenols is 2. The van der Waals surface area contributed by atoms with Crippen molar-refractivity contribution < 1.29 is 24.5 Å². The summed E-state index contributed by atoms with van der Waals surface area (Å²) in [5.74, 6) is -1.26. The van der Waals surface area contributed by atoms with Gasteiger partial charge < -0.3 is 25.6 Å². The number of amides is 2. The van der Waals surface area contributed by atoms with Gasteiger partial charge in [-0.1, -0.05) is 20.3 Å². The molecular weight excluding hydrogens is 276 g/mol. The van der Waals surface area contributed by atoms with Gasteiger partial charge in [0.25, 0.3) is 5.91 Å². The predicted octanol–water partition coefficient (Wildman–Crippen LogP) is 1.11. The number of benzene rings is 1. The van der Waals surface area contributed by atoms with Gasteiger partial charge in [0.2, 0.25) is 5.91 Å². The van der Waals surface area contributed by atoms with Crippen LogP contribution in [-0.2, 0) is 9.59 Å². The van der Waals surface area contributed by atoms with Gasteiger partial charge in [0.05, 0.1) is 5.69 Å². The zero-order valence-electron chi connectivity index (χ0n) is 12.1. The second-order valence-electron chi connectivity index (χ2n) is 4.57. The van der Waals surface area contributed by atoms with E-state index in [1.54, 1.807) is 0 Å². The van der Waals surface area contributed by atoms with Gasteiger partial charge in [-0.2, -0.15) is 0 Å². The SMILES string of the molecule is CCC.NC(=O)CCN1C(=O)COc2c(O)cc(O)cc21. The maximum absolute atomic E-state index is 11.7. The molecule has 0 aromatic heterocycles. The average molecular weight is 296 g/mol. The lowest BCUT2D eigenvalue weighted by Crippen LogP contribution is -2.40. The van der Waals surface area contributed by atoms with E-state index in [2.05, 4.69) is 13.8 Å². The molecule has 0 fully saturated rings. The molecule has 1 aromatic carbocycles. The van der Waals surface area contributed by atoms with Crippen LogP contribution in [-0.4, -0.2) is 35.2 Å². The maximum Gasteiger partial charge on any atom is 0.265 e. The lowest BCUT2D eigenvalue weighted by molar-refractivity contribution is -0.121. The molecule has 0 radical (unpaired) electrons. The fraction of sp³-hybridized carbons (Fsp3) is 0.429. The largest absolute Gasteiger partial charge is 0.508 e. The van der Waals surface area contributed by atoms with Gasteiger partial charge in [0.15, 0.2) is 18.1 Å². The van der Waals surface area contributed by atoms with E-state index >= 15 is 0 Å². The molecule has 7 nitrogen and oxygen atoms in total. The number of phenolic OH excluding ortho intramolecular Hbond substituents is 2. The number of aromatic hydroxyl groups is 2.